The first-order valence-electron chi connectivity index (χ1n) is 7.18. The highest BCUT2D eigenvalue weighted by atomic mass is 16.5. The van der Waals surface area contributed by atoms with Crippen LogP contribution in [-0.4, -0.2) is 12.1 Å². The lowest BCUT2D eigenvalue weighted by atomic mass is 9.75. The van der Waals surface area contributed by atoms with Gasteiger partial charge < -0.3 is 10.5 Å². The third kappa shape index (κ3) is 3.74. The maximum atomic E-state index is 6.46. The Hall–Kier alpha value is -1.02. The smallest absolute Gasteiger partial charge is 0.119 e. The second-order valence-electron chi connectivity index (χ2n) is 5.63. The molecule has 1 aromatic carbocycles. The molecule has 1 saturated carbocycles. The summed E-state index contributed by atoms with van der Waals surface area (Å²) in [4.78, 5) is 0. The highest BCUT2D eigenvalue weighted by Crippen LogP contribution is 2.34. The minimum Gasteiger partial charge on any atom is -0.494 e. The fraction of sp³-hybridized carbons (Fsp3) is 0.625. The molecule has 1 fully saturated rings. The molecule has 0 aromatic heterocycles. The Morgan fingerprint density at radius 1 is 1.22 bits per heavy atom. The quantitative estimate of drug-likeness (QED) is 0.860. The second kappa shape index (κ2) is 6.24. The summed E-state index contributed by atoms with van der Waals surface area (Å²) in [6, 6.07) is 10.00. The first-order valence-corrected chi connectivity index (χ1v) is 7.18. The van der Waals surface area contributed by atoms with Crippen LogP contribution in [0, 0.1) is 5.92 Å². The SMILES string of the molecule is CCC1CCC(N)(CCOc2ccccc2)CC1. The van der Waals surface area contributed by atoms with E-state index >= 15 is 0 Å². The van der Waals surface area contributed by atoms with Crippen molar-refractivity contribution in [1.82, 2.24) is 0 Å². The van der Waals surface area contributed by atoms with Gasteiger partial charge in [0.05, 0.1) is 6.61 Å². The van der Waals surface area contributed by atoms with E-state index in [1.165, 1.54) is 19.3 Å². The Morgan fingerprint density at radius 3 is 2.50 bits per heavy atom. The van der Waals surface area contributed by atoms with Crippen LogP contribution in [0.2, 0.25) is 0 Å². The lowest BCUT2D eigenvalue weighted by molar-refractivity contribution is 0.183. The summed E-state index contributed by atoms with van der Waals surface area (Å²) < 4.78 is 5.75. The minimum absolute atomic E-state index is 0.0143. The van der Waals surface area contributed by atoms with Gasteiger partial charge in [-0.05, 0) is 50.2 Å². The highest BCUT2D eigenvalue weighted by Gasteiger charge is 2.30. The predicted molar refractivity (Wildman–Crippen MR) is 75.7 cm³/mol. The van der Waals surface area contributed by atoms with Crippen molar-refractivity contribution in [1.29, 1.82) is 0 Å². The van der Waals surface area contributed by atoms with E-state index in [0.29, 0.717) is 0 Å². The van der Waals surface area contributed by atoms with Gasteiger partial charge in [0.1, 0.15) is 5.75 Å². The van der Waals surface area contributed by atoms with Gasteiger partial charge in [-0.15, -0.1) is 0 Å². The largest absolute Gasteiger partial charge is 0.494 e. The van der Waals surface area contributed by atoms with Gasteiger partial charge in [0, 0.05) is 5.54 Å². The van der Waals surface area contributed by atoms with Crippen LogP contribution in [0.5, 0.6) is 5.75 Å². The Balaban J connectivity index is 1.73. The van der Waals surface area contributed by atoms with E-state index in [1.54, 1.807) is 0 Å². The van der Waals surface area contributed by atoms with Gasteiger partial charge in [-0.2, -0.15) is 0 Å². The van der Waals surface area contributed by atoms with Crippen LogP contribution in [0.3, 0.4) is 0 Å². The van der Waals surface area contributed by atoms with Crippen molar-refractivity contribution in [2.45, 2.75) is 51.0 Å². The summed E-state index contributed by atoms with van der Waals surface area (Å²) in [6.07, 6.45) is 7.17. The minimum atomic E-state index is 0.0143. The Kier molecular flexibility index (Phi) is 4.65. The molecule has 0 heterocycles. The van der Waals surface area contributed by atoms with Crippen LogP contribution in [0.25, 0.3) is 0 Å². The summed E-state index contributed by atoms with van der Waals surface area (Å²) in [5.41, 5.74) is 6.47. The van der Waals surface area contributed by atoms with Crippen LogP contribution in [0.15, 0.2) is 30.3 Å². The van der Waals surface area contributed by atoms with Crippen molar-refractivity contribution in [2.24, 2.45) is 11.7 Å². The molecule has 2 nitrogen and oxygen atoms in total. The van der Waals surface area contributed by atoms with E-state index in [-0.39, 0.29) is 5.54 Å². The van der Waals surface area contributed by atoms with Crippen molar-refractivity contribution < 1.29 is 4.74 Å². The summed E-state index contributed by atoms with van der Waals surface area (Å²) in [5.74, 6) is 1.85. The number of nitrogens with two attached hydrogens (primary N) is 1. The van der Waals surface area contributed by atoms with Crippen molar-refractivity contribution >= 4 is 0 Å². The molecule has 0 amide bonds. The average molecular weight is 247 g/mol. The zero-order valence-corrected chi connectivity index (χ0v) is 11.4. The van der Waals surface area contributed by atoms with E-state index in [1.807, 2.05) is 30.3 Å². The summed E-state index contributed by atoms with van der Waals surface area (Å²) >= 11 is 0. The molecule has 0 unspecified atom stereocenters. The highest BCUT2D eigenvalue weighted by molar-refractivity contribution is 5.20. The number of hydrogen-bond acceptors (Lipinski definition) is 2. The molecule has 0 aliphatic heterocycles. The zero-order chi connectivity index (χ0) is 12.8. The van der Waals surface area contributed by atoms with Crippen molar-refractivity contribution in [3.05, 3.63) is 30.3 Å². The molecule has 2 rings (SSSR count). The molecule has 0 radical (unpaired) electrons. The number of benzene rings is 1. The molecule has 0 saturated heterocycles. The van der Waals surface area contributed by atoms with Crippen LogP contribution in [-0.2, 0) is 0 Å². The maximum Gasteiger partial charge on any atom is 0.119 e. The first-order chi connectivity index (χ1) is 8.72. The number of rotatable bonds is 5. The molecular formula is C16H25NO. The molecule has 2 N–H and O–H groups in total. The van der Waals surface area contributed by atoms with E-state index in [4.69, 9.17) is 10.5 Å². The second-order valence-corrected chi connectivity index (χ2v) is 5.63. The maximum absolute atomic E-state index is 6.46. The summed E-state index contributed by atoms with van der Waals surface area (Å²) in [6.45, 7) is 3.02. The van der Waals surface area contributed by atoms with E-state index in [9.17, 15) is 0 Å². The molecule has 1 aromatic rings. The van der Waals surface area contributed by atoms with E-state index in [2.05, 4.69) is 6.92 Å². The first kappa shape index (κ1) is 13.4. The molecule has 18 heavy (non-hydrogen) atoms. The van der Waals surface area contributed by atoms with Gasteiger partial charge in [0.25, 0.3) is 0 Å². The summed E-state index contributed by atoms with van der Waals surface area (Å²) in [7, 11) is 0. The third-order valence-electron chi connectivity index (χ3n) is 4.29. The third-order valence-corrected chi connectivity index (χ3v) is 4.29. The van der Waals surface area contributed by atoms with Crippen molar-refractivity contribution in [3.63, 3.8) is 0 Å². The normalized spacial score (nSPS) is 28.0. The van der Waals surface area contributed by atoms with Crippen LogP contribution < -0.4 is 10.5 Å². The predicted octanol–water partition coefficient (Wildman–Crippen LogP) is 3.75. The van der Waals surface area contributed by atoms with Crippen LogP contribution >= 0.6 is 0 Å². The fourth-order valence-corrected chi connectivity index (χ4v) is 2.80. The lowest BCUT2D eigenvalue weighted by Gasteiger charge is -2.37. The topological polar surface area (TPSA) is 35.2 Å². The molecule has 2 heteroatoms. The standard InChI is InChI=1S/C16H25NO/c1-2-14-8-10-16(17,11-9-14)12-13-18-15-6-4-3-5-7-15/h3-7,14H,2,8-13,17H2,1H3. The monoisotopic (exact) mass is 247 g/mol. The molecular weight excluding hydrogens is 222 g/mol. The number of ether oxygens (including phenoxy) is 1. The summed E-state index contributed by atoms with van der Waals surface area (Å²) in [5, 5.41) is 0. The Morgan fingerprint density at radius 2 is 1.89 bits per heavy atom. The molecule has 0 bridgehead atoms. The van der Waals surface area contributed by atoms with Gasteiger partial charge in [-0.25, -0.2) is 0 Å². The van der Waals surface area contributed by atoms with Gasteiger partial charge >= 0.3 is 0 Å². The zero-order valence-electron chi connectivity index (χ0n) is 11.4. The van der Waals surface area contributed by atoms with Gasteiger partial charge in [-0.3, -0.25) is 0 Å². The van der Waals surface area contributed by atoms with Crippen LogP contribution in [0.1, 0.15) is 45.4 Å². The fourth-order valence-electron chi connectivity index (χ4n) is 2.80. The molecule has 100 valence electrons. The van der Waals surface area contributed by atoms with Crippen molar-refractivity contribution in [2.75, 3.05) is 6.61 Å². The Labute approximate surface area is 111 Å². The van der Waals surface area contributed by atoms with E-state index < -0.39 is 0 Å². The van der Waals surface area contributed by atoms with Gasteiger partial charge in [0.2, 0.25) is 0 Å². The Bertz CT molecular complexity index is 341. The van der Waals surface area contributed by atoms with Gasteiger partial charge in [-0.1, -0.05) is 31.5 Å². The number of para-hydroxylation sites is 1. The number of hydrogen-bond donors (Lipinski definition) is 1. The molecule has 0 spiro atoms. The lowest BCUT2D eigenvalue weighted by Crippen LogP contribution is -2.44. The molecule has 1 aliphatic carbocycles. The molecule has 0 atom stereocenters. The molecule has 1 aliphatic rings. The van der Waals surface area contributed by atoms with Crippen molar-refractivity contribution in [3.8, 4) is 5.75 Å². The average Bonchev–Trinajstić information content (AvgIpc) is 2.41. The van der Waals surface area contributed by atoms with Crippen LogP contribution in [0.4, 0.5) is 0 Å². The van der Waals surface area contributed by atoms with Gasteiger partial charge in [0.15, 0.2) is 0 Å². The van der Waals surface area contributed by atoms with E-state index in [0.717, 1.165) is 37.5 Å².